The Morgan fingerprint density at radius 3 is 2.75 bits per heavy atom. The van der Waals surface area contributed by atoms with Gasteiger partial charge in [0.15, 0.2) is 5.96 Å². The summed E-state index contributed by atoms with van der Waals surface area (Å²) in [4.78, 5) is 2.10. The van der Waals surface area contributed by atoms with E-state index in [2.05, 4.69) is 4.90 Å². The summed E-state index contributed by atoms with van der Waals surface area (Å²) in [5.41, 5.74) is 5.53. The highest BCUT2D eigenvalue weighted by Gasteiger charge is 2.35. The van der Waals surface area contributed by atoms with Gasteiger partial charge in [0.25, 0.3) is 0 Å². The Bertz CT molecular complexity index is 190. The summed E-state index contributed by atoms with van der Waals surface area (Å²) in [6.07, 6.45) is 6.52. The summed E-state index contributed by atoms with van der Waals surface area (Å²) in [5, 5.41) is 7.44. The Balaban J connectivity index is 2.08. The van der Waals surface area contributed by atoms with Crippen molar-refractivity contribution in [3.63, 3.8) is 0 Å². The first-order chi connectivity index (χ1) is 5.79. The first-order valence-electron chi connectivity index (χ1n) is 4.89. The molecule has 2 rings (SSSR count). The zero-order chi connectivity index (χ0) is 8.55. The van der Waals surface area contributed by atoms with E-state index < -0.39 is 0 Å². The molecule has 2 unspecified atom stereocenters. The number of nitrogens with two attached hydrogens (primary N) is 1. The highest BCUT2D eigenvalue weighted by Crippen LogP contribution is 2.36. The Morgan fingerprint density at radius 2 is 2.00 bits per heavy atom. The fraction of sp³-hybridized carbons (Fsp3) is 0.889. The van der Waals surface area contributed by atoms with Crippen molar-refractivity contribution in [2.75, 3.05) is 6.54 Å². The lowest BCUT2D eigenvalue weighted by atomic mass is 9.92. The molecule has 1 aliphatic carbocycles. The molecule has 3 N–H and O–H groups in total. The van der Waals surface area contributed by atoms with Gasteiger partial charge in [-0.3, -0.25) is 5.41 Å². The van der Waals surface area contributed by atoms with Crippen LogP contribution in [0.1, 0.15) is 32.1 Å². The number of rotatable bonds is 0. The fourth-order valence-corrected chi connectivity index (χ4v) is 2.75. The highest BCUT2D eigenvalue weighted by atomic mass is 15.3. The van der Waals surface area contributed by atoms with Crippen LogP contribution in [-0.2, 0) is 0 Å². The molecule has 1 saturated heterocycles. The summed E-state index contributed by atoms with van der Waals surface area (Å²) in [6.45, 7) is 1.01. The minimum atomic E-state index is 0.284. The predicted octanol–water partition coefficient (Wildman–Crippen LogP) is 1.14. The zero-order valence-corrected chi connectivity index (χ0v) is 7.42. The van der Waals surface area contributed by atoms with Gasteiger partial charge in [-0.2, -0.15) is 0 Å². The Kier molecular flexibility index (Phi) is 1.95. The number of fused-ring (bicyclic) bond motifs is 1. The van der Waals surface area contributed by atoms with Gasteiger partial charge >= 0.3 is 0 Å². The molecule has 0 aromatic heterocycles. The monoisotopic (exact) mass is 167 g/mol. The van der Waals surface area contributed by atoms with Crippen LogP contribution in [0.15, 0.2) is 0 Å². The molecule has 0 amide bonds. The highest BCUT2D eigenvalue weighted by molar-refractivity contribution is 5.75. The van der Waals surface area contributed by atoms with Crippen LogP contribution in [0.4, 0.5) is 0 Å². The fourth-order valence-electron chi connectivity index (χ4n) is 2.75. The summed E-state index contributed by atoms with van der Waals surface area (Å²) in [7, 11) is 0. The topological polar surface area (TPSA) is 53.1 Å². The summed E-state index contributed by atoms with van der Waals surface area (Å²) in [6, 6.07) is 0.608. The lowest BCUT2D eigenvalue weighted by Crippen LogP contribution is -2.48. The van der Waals surface area contributed by atoms with E-state index in [1.807, 2.05) is 0 Å². The van der Waals surface area contributed by atoms with E-state index in [4.69, 9.17) is 11.1 Å². The number of guanidine groups is 1. The van der Waals surface area contributed by atoms with Crippen molar-refractivity contribution in [2.45, 2.75) is 38.1 Å². The molecule has 0 aromatic carbocycles. The summed E-state index contributed by atoms with van der Waals surface area (Å²) >= 11 is 0. The van der Waals surface area contributed by atoms with E-state index >= 15 is 0 Å². The molecule has 1 heterocycles. The smallest absolute Gasteiger partial charge is 0.188 e. The van der Waals surface area contributed by atoms with Crippen molar-refractivity contribution in [1.82, 2.24) is 4.90 Å². The van der Waals surface area contributed by atoms with E-state index in [0.29, 0.717) is 6.04 Å². The molecule has 68 valence electrons. The molecule has 1 aliphatic heterocycles. The van der Waals surface area contributed by atoms with Gasteiger partial charge < -0.3 is 10.6 Å². The maximum Gasteiger partial charge on any atom is 0.188 e. The van der Waals surface area contributed by atoms with Crippen LogP contribution < -0.4 is 5.73 Å². The van der Waals surface area contributed by atoms with Crippen LogP contribution in [0, 0.1) is 11.3 Å². The molecular formula is C9H17N3. The normalized spacial score (nSPS) is 34.8. The van der Waals surface area contributed by atoms with E-state index in [9.17, 15) is 0 Å². The molecule has 0 spiro atoms. The molecule has 0 radical (unpaired) electrons. The van der Waals surface area contributed by atoms with E-state index in [1.165, 1.54) is 32.1 Å². The van der Waals surface area contributed by atoms with Gasteiger partial charge in [-0.1, -0.05) is 6.42 Å². The number of hydrogen-bond donors (Lipinski definition) is 2. The first-order valence-corrected chi connectivity index (χ1v) is 4.89. The van der Waals surface area contributed by atoms with Gasteiger partial charge in [-0.05, 0) is 31.6 Å². The van der Waals surface area contributed by atoms with Crippen LogP contribution in [0.2, 0.25) is 0 Å². The van der Waals surface area contributed by atoms with E-state index in [0.717, 1.165) is 12.5 Å². The van der Waals surface area contributed by atoms with Gasteiger partial charge in [0, 0.05) is 12.6 Å². The second-order valence-electron chi connectivity index (χ2n) is 3.98. The summed E-state index contributed by atoms with van der Waals surface area (Å²) in [5.74, 6) is 1.12. The Morgan fingerprint density at radius 1 is 1.25 bits per heavy atom. The van der Waals surface area contributed by atoms with Gasteiger partial charge in [0.05, 0.1) is 0 Å². The molecule has 0 aromatic rings. The summed E-state index contributed by atoms with van der Waals surface area (Å²) < 4.78 is 0. The first kappa shape index (κ1) is 7.90. The predicted molar refractivity (Wildman–Crippen MR) is 49.0 cm³/mol. The molecular weight excluding hydrogens is 150 g/mol. The van der Waals surface area contributed by atoms with Gasteiger partial charge in [0.2, 0.25) is 0 Å². The largest absolute Gasteiger partial charge is 0.370 e. The van der Waals surface area contributed by atoms with Crippen molar-refractivity contribution < 1.29 is 0 Å². The molecule has 2 fully saturated rings. The lowest BCUT2D eigenvalue weighted by molar-refractivity contribution is 0.188. The maximum atomic E-state index is 7.44. The van der Waals surface area contributed by atoms with Crippen molar-refractivity contribution in [1.29, 1.82) is 5.41 Å². The van der Waals surface area contributed by atoms with Crippen LogP contribution >= 0.6 is 0 Å². The third-order valence-corrected chi connectivity index (χ3v) is 3.30. The maximum absolute atomic E-state index is 7.44. The standard InChI is InChI=1S/C9H17N3/c10-9(11)12-6-2-4-7-3-1-5-8(7)12/h7-8H,1-6H2,(H3,10,11). The van der Waals surface area contributed by atoms with Gasteiger partial charge in [-0.15, -0.1) is 0 Å². The van der Waals surface area contributed by atoms with Crippen LogP contribution in [0.25, 0.3) is 0 Å². The number of piperidine rings is 1. The van der Waals surface area contributed by atoms with Crippen LogP contribution in [0.3, 0.4) is 0 Å². The minimum absolute atomic E-state index is 0.284. The van der Waals surface area contributed by atoms with Crippen molar-refractivity contribution in [3.8, 4) is 0 Å². The van der Waals surface area contributed by atoms with Crippen molar-refractivity contribution in [2.24, 2.45) is 11.7 Å². The average Bonchev–Trinajstić information content (AvgIpc) is 2.49. The van der Waals surface area contributed by atoms with E-state index in [1.54, 1.807) is 0 Å². The number of nitrogens with zero attached hydrogens (tertiary/aromatic N) is 1. The van der Waals surface area contributed by atoms with Crippen LogP contribution in [-0.4, -0.2) is 23.4 Å². The molecule has 3 heteroatoms. The van der Waals surface area contributed by atoms with Crippen molar-refractivity contribution >= 4 is 5.96 Å². The third-order valence-electron chi connectivity index (χ3n) is 3.30. The number of likely N-dealkylation sites (tertiary alicyclic amines) is 1. The second kappa shape index (κ2) is 2.96. The second-order valence-corrected chi connectivity index (χ2v) is 3.98. The molecule has 0 bridgehead atoms. The molecule has 3 nitrogen and oxygen atoms in total. The number of hydrogen-bond acceptors (Lipinski definition) is 1. The molecule has 2 aliphatic rings. The third kappa shape index (κ3) is 1.17. The Hall–Kier alpha value is -0.730. The molecule has 1 saturated carbocycles. The minimum Gasteiger partial charge on any atom is -0.370 e. The Labute approximate surface area is 73.4 Å². The SMILES string of the molecule is N=C(N)N1CCCC2CCCC21. The van der Waals surface area contributed by atoms with E-state index in [-0.39, 0.29) is 5.96 Å². The van der Waals surface area contributed by atoms with Crippen LogP contribution in [0.5, 0.6) is 0 Å². The average molecular weight is 167 g/mol. The number of nitrogens with one attached hydrogen (secondary N) is 1. The molecule has 2 atom stereocenters. The lowest BCUT2D eigenvalue weighted by Gasteiger charge is -2.37. The zero-order valence-electron chi connectivity index (χ0n) is 7.42. The van der Waals surface area contributed by atoms with Crippen molar-refractivity contribution in [3.05, 3.63) is 0 Å². The molecule has 12 heavy (non-hydrogen) atoms. The quantitative estimate of drug-likeness (QED) is 0.420. The van der Waals surface area contributed by atoms with Gasteiger partial charge in [0.1, 0.15) is 0 Å². The van der Waals surface area contributed by atoms with Gasteiger partial charge in [-0.25, -0.2) is 0 Å².